The Balaban J connectivity index is 2.22. The van der Waals surface area contributed by atoms with Gasteiger partial charge in [-0.1, -0.05) is 12.2 Å². The molecule has 0 fully saturated rings. The molecule has 0 unspecified atom stereocenters. The van der Waals surface area contributed by atoms with Crippen molar-refractivity contribution >= 4 is 28.8 Å². The molecule has 1 heterocycles. The van der Waals surface area contributed by atoms with E-state index in [0.29, 0.717) is 5.76 Å². The molecule has 0 aromatic heterocycles. The molecule has 3 rings (SSSR count). The molecule has 0 atom stereocenters. The van der Waals surface area contributed by atoms with E-state index in [-0.39, 0.29) is 0 Å². The lowest BCUT2D eigenvalue weighted by atomic mass is 9.90. The van der Waals surface area contributed by atoms with Crippen molar-refractivity contribution in [3.63, 3.8) is 0 Å². The molecule has 3 aliphatic rings. The highest BCUT2D eigenvalue weighted by molar-refractivity contribution is 14.1. The lowest BCUT2D eigenvalue weighted by molar-refractivity contribution is 0.380. The standard InChI is InChI=1S/C14H14INO/c15-11-6-7-12(17)13-10(11)5-1-3-9-4-2-8-16-14(9)13/h1,3,8,17H,2,4-7H2. The summed E-state index contributed by atoms with van der Waals surface area (Å²) < 4.78 is 1.37. The first-order valence-electron chi connectivity index (χ1n) is 6.00. The van der Waals surface area contributed by atoms with Crippen molar-refractivity contribution in [3.8, 4) is 0 Å². The van der Waals surface area contributed by atoms with Gasteiger partial charge in [-0.3, -0.25) is 4.99 Å². The number of allylic oxidation sites excluding steroid dienone is 6. The van der Waals surface area contributed by atoms with Crippen LogP contribution in [0.2, 0.25) is 0 Å². The molecule has 0 saturated heterocycles. The van der Waals surface area contributed by atoms with Gasteiger partial charge in [-0.05, 0) is 63.0 Å². The van der Waals surface area contributed by atoms with Crippen LogP contribution in [0.15, 0.2) is 48.9 Å². The highest BCUT2D eigenvalue weighted by Crippen LogP contribution is 2.42. The van der Waals surface area contributed by atoms with Gasteiger partial charge in [-0.25, -0.2) is 0 Å². The van der Waals surface area contributed by atoms with Crippen molar-refractivity contribution in [2.75, 3.05) is 0 Å². The van der Waals surface area contributed by atoms with E-state index < -0.39 is 0 Å². The molecule has 2 aliphatic carbocycles. The monoisotopic (exact) mass is 339 g/mol. The number of nitrogens with zero attached hydrogens (tertiary/aromatic N) is 1. The Morgan fingerprint density at radius 3 is 3.00 bits per heavy atom. The lowest BCUT2D eigenvalue weighted by Crippen LogP contribution is -2.07. The summed E-state index contributed by atoms with van der Waals surface area (Å²) in [6.45, 7) is 0. The number of aliphatic imine (C=N–C) groups is 1. The lowest BCUT2D eigenvalue weighted by Gasteiger charge is -2.22. The zero-order valence-corrected chi connectivity index (χ0v) is 11.7. The fourth-order valence-corrected chi connectivity index (χ4v) is 3.35. The smallest absolute Gasteiger partial charge is 0.102 e. The Kier molecular flexibility index (Phi) is 2.94. The van der Waals surface area contributed by atoms with Gasteiger partial charge in [0.2, 0.25) is 0 Å². The van der Waals surface area contributed by atoms with Crippen LogP contribution in [0.5, 0.6) is 0 Å². The third-order valence-corrected chi connectivity index (χ3v) is 4.63. The molecule has 2 nitrogen and oxygen atoms in total. The van der Waals surface area contributed by atoms with Crippen molar-refractivity contribution < 1.29 is 5.11 Å². The summed E-state index contributed by atoms with van der Waals surface area (Å²) in [5.74, 6) is 0.524. The minimum absolute atomic E-state index is 0.524. The first-order valence-corrected chi connectivity index (χ1v) is 7.08. The van der Waals surface area contributed by atoms with Crippen LogP contribution >= 0.6 is 22.6 Å². The maximum Gasteiger partial charge on any atom is 0.102 e. The second kappa shape index (κ2) is 4.44. The zero-order chi connectivity index (χ0) is 11.8. The van der Waals surface area contributed by atoms with Crippen LogP contribution in [-0.2, 0) is 0 Å². The average Bonchev–Trinajstić information content (AvgIpc) is 2.54. The van der Waals surface area contributed by atoms with Gasteiger partial charge < -0.3 is 5.11 Å². The summed E-state index contributed by atoms with van der Waals surface area (Å²) in [7, 11) is 0. The average molecular weight is 339 g/mol. The van der Waals surface area contributed by atoms with Crippen molar-refractivity contribution in [1.29, 1.82) is 0 Å². The first kappa shape index (κ1) is 11.3. The zero-order valence-electron chi connectivity index (χ0n) is 9.54. The van der Waals surface area contributed by atoms with Gasteiger partial charge in [0.05, 0.1) is 5.70 Å². The number of hydrogen-bond donors (Lipinski definition) is 1. The topological polar surface area (TPSA) is 32.6 Å². The normalized spacial score (nSPS) is 23.8. The Morgan fingerprint density at radius 2 is 2.12 bits per heavy atom. The number of halogens is 1. The molecule has 1 aliphatic heterocycles. The quantitative estimate of drug-likeness (QED) is 0.654. The van der Waals surface area contributed by atoms with Crippen molar-refractivity contribution in [3.05, 3.63) is 43.9 Å². The van der Waals surface area contributed by atoms with Crippen LogP contribution in [-0.4, -0.2) is 11.3 Å². The van der Waals surface area contributed by atoms with E-state index in [1.165, 1.54) is 14.7 Å². The van der Waals surface area contributed by atoms with Crippen LogP contribution < -0.4 is 0 Å². The van der Waals surface area contributed by atoms with Crippen LogP contribution in [0.3, 0.4) is 0 Å². The van der Waals surface area contributed by atoms with Gasteiger partial charge in [0, 0.05) is 18.2 Å². The van der Waals surface area contributed by atoms with Gasteiger partial charge >= 0.3 is 0 Å². The van der Waals surface area contributed by atoms with Crippen LogP contribution in [0.25, 0.3) is 0 Å². The molecule has 0 bridgehead atoms. The van der Waals surface area contributed by atoms with Gasteiger partial charge in [0.1, 0.15) is 5.76 Å². The van der Waals surface area contributed by atoms with Crippen LogP contribution in [0.1, 0.15) is 32.1 Å². The van der Waals surface area contributed by atoms with E-state index in [4.69, 9.17) is 0 Å². The fraction of sp³-hybridized carbons (Fsp3) is 0.357. The van der Waals surface area contributed by atoms with E-state index in [1.807, 2.05) is 6.21 Å². The Bertz CT molecular complexity index is 520. The van der Waals surface area contributed by atoms with E-state index in [1.54, 1.807) is 0 Å². The van der Waals surface area contributed by atoms with Gasteiger partial charge in [-0.15, -0.1) is 0 Å². The maximum absolute atomic E-state index is 10.2. The van der Waals surface area contributed by atoms with Crippen molar-refractivity contribution in [1.82, 2.24) is 0 Å². The first-order chi connectivity index (χ1) is 8.27. The number of hydrogen-bond acceptors (Lipinski definition) is 2. The Morgan fingerprint density at radius 1 is 1.24 bits per heavy atom. The third kappa shape index (κ3) is 1.90. The summed E-state index contributed by atoms with van der Waals surface area (Å²) in [5, 5.41) is 10.2. The van der Waals surface area contributed by atoms with Gasteiger partial charge in [0.15, 0.2) is 0 Å². The van der Waals surface area contributed by atoms with E-state index in [0.717, 1.165) is 43.4 Å². The summed E-state index contributed by atoms with van der Waals surface area (Å²) in [5.41, 5.74) is 4.56. The minimum Gasteiger partial charge on any atom is -0.512 e. The number of rotatable bonds is 0. The second-order valence-corrected chi connectivity index (χ2v) is 5.84. The molecule has 0 saturated carbocycles. The number of aliphatic hydroxyl groups is 1. The molecule has 0 radical (unpaired) electrons. The van der Waals surface area contributed by atoms with Gasteiger partial charge in [-0.2, -0.15) is 0 Å². The second-order valence-electron chi connectivity index (χ2n) is 4.54. The molecule has 0 amide bonds. The minimum atomic E-state index is 0.524. The summed E-state index contributed by atoms with van der Waals surface area (Å²) in [6.07, 6.45) is 11.0. The van der Waals surface area contributed by atoms with Gasteiger partial charge in [0.25, 0.3) is 0 Å². The van der Waals surface area contributed by atoms with Crippen LogP contribution in [0, 0.1) is 0 Å². The highest BCUT2D eigenvalue weighted by atomic mass is 127. The predicted octanol–water partition coefficient (Wildman–Crippen LogP) is 4.36. The summed E-state index contributed by atoms with van der Waals surface area (Å²) in [4.78, 5) is 4.53. The van der Waals surface area contributed by atoms with Crippen LogP contribution in [0.4, 0.5) is 0 Å². The Labute approximate surface area is 115 Å². The third-order valence-electron chi connectivity index (χ3n) is 3.44. The molecule has 0 spiro atoms. The SMILES string of the molecule is OC1=C2C(=C(I)CC1)CC=CC1=C2N=CCC1. The van der Waals surface area contributed by atoms with E-state index >= 15 is 0 Å². The van der Waals surface area contributed by atoms with Crippen molar-refractivity contribution in [2.45, 2.75) is 32.1 Å². The number of aliphatic hydroxyl groups excluding tert-OH is 1. The summed E-state index contributed by atoms with van der Waals surface area (Å²) in [6, 6.07) is 0. The molecular formula is C14H14INO. The largest absolute Gasteiger partial charge is 0.512 e. The highest BCUT2D eigenvalue weighted by Gasteiger charge is 2.26. The van der Waals surface area contributed by atoms with Crippen molar-refractivity contribution in [2.24, 2.45) is 4.99 Å². The maximum atomic E-state index is 10.2. The molecule has 3 heteroatoms. The van der Waals surface area contributed by atoms with E-state index in [9.17, 15) is 5.11 Å². The van der Waals surface area contributed by atoms with E-state index in [2.05, 4.69) is 39.7 Å². The molecule has 1 N–H and O–H groups in total. The predicted molar refractivity (Wildman–Crippen MR) is 78.4 cm³/mol. The fourth-order valence-electron chi connectivity index (χ4n) is 2.59. The Hall–Kier alpha value is -0.840. The molecule has 0 aromatic carbocycles. The molecular weight excluding hydrogens is 325 g/mol. The molecule has 0 aromatic rings. The molecule has 17 heavy (non-hydrogen) atoms. The number of fused-ring (bicyclic) bond motifs is 2. The summed E-state index contributed by atoms with van der Waals surface area (Å²) >= 11 is 2.41. The molecule has 88 valence electrons.